The van der Waals surface area contributed by atoms with Gasteiger partial charge in [-0.15, -0.1) is 0 Å². The zero-order chi connectivity index (χ0) is 26.8. The van der Waals surface area contributed by atoms with Crippen LogP contribution in [0.15, 0.2) is 71.7 Å². The van der Waals surface area contributed by atoms with Crippen molar-refractivity contribution >= 4 is 57.4 Å². The van der Waals surface area contributed by atoms with Crippen molar-refractivity contribution in [3.05, 3.63) is 88.0 Å². The van der Waals surface area contributed by atoms with Gasteiger partial charge < -0.3 is 19.4 Å². The normalized spacial score (nSPS) is 14.7. The van der Waals surface area contributed by atoms with Gasteiger partial charge in [0.15, 0.2) is 0 Å². The Morgan fingerprint density at radius 3 is 2.32 bits per heavy atom. The fraction of sp³-hybridized carbons (Fsp3) is 0.276. The third-order valence-electron chi connectivity index (χ3n) is 6.87. The number of imidazole rings is 1. The van der Waals surface area contributed by atoms with Crippen molar-refractivity contribution in [2.45, 2.75) is 39.3 Å². The number of carbonyl (C=O) groups excluding carboxylic acids is 2. The molecule has 1 aliphatic rings. The van der Waals surface area contributed by atoms with Gasteiger partial charge in [0.05, 0.1) is 29.0 Å². The van der Waals surface area contributed by atoms with Crippen LogP contribution < -0.4 is 15.8 Å². The van der Waals surface area contributed by atoms with Gasteiger partial charge in [0.1, 0.15) is 0 Å². The lowest BCUT2D eigenvalue weighted by Crippen LogP contribution is -2.39. The molecule has 5 rings (SSSR count). The molecule has 3 aromatic carbocycles. The Balaban J connectivity index is 1.53. The molecule has 9 heteroatoms. The highest BCUT2D eigenvalue weighted by molar-refractivity contribution is 6.31. The van der Waals surface area contributed by atoms with E-state index >= 15 is 0 Å². The van der Waals surface area contributed by atoms with Crippen LogP contribution in [0.2, 0.25) is 10.0 Å². The highest BCUT2D eigenvalue weighted by Crippen LogP contribution is 2.34. The van der Waals surface area contributed by atoms with Gasteiger partial charge in [0, 0.05) is 43.0 Å². The second kappa shape index (κ2) is 11.1. The Bertz CT molecular complexity index is 1580. The van der Waals surface area contributed by atoms with Crippen LogP contribution in [0.5, 0.6) is 0 Å². The van der Waals surface area contributed by atoms with Crippen LogP contribution in [0.4, 0.5) is 11.4 Å². The molecule has 196 valence electrons. The van der Waals surface area contributed by atoms with Gasteiger partial charge >= 0.3 is 0 Å². The predicted octanol–water partition coefficient (Wildman–Crippen LogP) is 6.05. The maximum atomic E-state index is 12.3. The summed E-state index contributed by atoms with van der Waals surface area (Å²) < 4.78 is 4.29. The van der Waals surface area contributed by atoms with Crippen LogP contribution >= 0.6 is 23.2 Å². The molecule has 0 saturated carbocycles. The summed E-state index contributed by atoms with van der Waals surface area (Å²) in [6.07, 6.45) is 1.66. The van der Waals surface area contributed by atoms with Crippen molar-refractivity contribution in [3.63, 3.8) is 0 Å². The molecule has 0 radical (unpaired) electrons. The molecule has 0 unspecified atom stereocenters. The largest absolute Gasteiger partial charge is 0.370 e. The van der Waals surface area contributed by atoms with Crippen LogP contribution in [-0.4, -0.2) is 34.0 Å². The standard InChI is InChI=1S/C29H29Cl2N5O2/c1-19(37)32-25-12-11-22(30)17-28(25)34-15-13-23(14-16-34)36-27-10-6-5-9-26(27)35(29(36)33-20(2)38)18-21-7-3-4-8-24(21)31/h3-12,17,23H,13-16,18H2,1-2H3,(H,32,37). The number of para-hydroxylation sites is 2. The number of benzene rings is 3. The summed E-state index contributed by atoms with van der Waals surface area (Å²) >= 11 is 12.8. The second-order valence-corrected chi connectivity index (χ2v) is 10.4. The number of hydrogen-bond donors (Lipinski definition) is 1. The second-order valence-electron chi connectivity index (χ2n) is 9.53. The first kappa shape index (κ1) is 26.1. The maximum Gasteiger partial charge on any atom is 0.245 e. The smallest absolute Gasteiger partial charge is 0.245 e. The van der Waals surface area contributed by atoms with Crippen molar-refractivity contribution in [1.82, 2.24) is 9.13 Å². The lowest BCUT2D eigenvalue weighted by molar-refractivity contribution is -0.116. The zero-order valence-electron chi connectivity index (χ0n) is 21.3. The van der Waals surface area contributed by atoms with Gasteiger partial charge in [0.25, 0.3) is 0 Å². The number of nitrogens with zero attached hydrogens (tertiary/aromatic N) is 4. The molecule has 0 aliphatic carbocycles. The lowest BCUT2D eigenvalue weighted by Gasteiger charge is -2.35. The van der Waals surface area contributed by atoms with Gasteiger partial charge in [-0.2, -0.15) is 4.99 Å². The fourth-order valence-electron chi connectivity index (χ4n) is 5.24. The van der Waals surface area contributed by atoms with E-state index in [-0.39, 0.29) is 17.9 Å². The number of fused-ring (bicyclic) bond motifs is 1. The van der Waals surface area contributed by atoms with Crippen molar-refractivity contribution in [1.29, 1.82) is 0 Å². The third-order valence-corrected chi connectivity index (χ3v) is 7.48. The van der Waals surface area contributed by atoms with Gasteiger partial charge in [-0.05, 0) is 54.8 Å². The molecule has 2 heterocycles. The SMILES string of the molecule is CC(=O)N=c1n(Cc2ccccc2Cl)c2ccccc2n1C1CCN(c2cc(Cl)ccc2NC(C)=O)CC1. The van der Waals surface area contributed by atoms with Crippen LogP contribution in [0.3, 0.4) is 0 Å². The number of carbonyl (C=O) groups is 2. The van der Waals surface area contributed by atoms with E-state index in [0.29, 0.717) is 22.2 Å². The van der Waals surface area contributed by atoms with Gasteiger partial charge in [-0.25, -0.2) is 0 Å². The molecular weight excluding hydrogens is 521 g/mol. The minimum atomic E-state index is -0.252. The highest BCUT2D eigenvalue weighted by atomic mass is 35.5. The number of halogens is 2. The van der Waals surface area contributed by atoms with Crippen molar-refractivity contribution in [2.75, 3.05) is 23.3 Å². The number of amides is 2. The molecule has 7 nitrogen and oxygen atoms in total. The van der Waals surface area contributed by atoms with Gasteiger partial charge in [-0.1, -0.05) is 53.5 Å². The fourth-order valence-corrected chi connectivity index (χ4v) is 5.60. The Kier molecular flexibility index (Phi) is 7.58. The van der Waals surface area contributed by atoms with E-state index in [2.05, 4.69) is 36.5 Å². The van der Waals surface area contributed by atoms with Gasteiger partial charge in [-0.3, -0.25) is 9.59 Å². The van der Waals surface area contributed by atoms with E-state index in [4.69, 9.17) is 23.2 Å². The quantitative estimate of drug-likeness (QED) is 0.329. The molecule has 0 bridgehead atoms. The zero-order valence-corrected chi connectivity index (χ0v) is 22.8. The van der Waals surface area contributed by atoms with E-state index in [9.17, 15) is 9.59 Å². The Morgan fingerprint density at radius 2 is 1.63 bits per heavy atom. The van der Waals surface area contributed by atoms with E-state index in [1.54, 1.807) is 6.07 Å². The minimum absolute atomic E-state index is 0.124. The number of rotatable bonds is 5. The maximum absolute atomic E-state index is 12.3. The number of aromatic nitrogens is 2. The summed E-state index contributed by atoms with van der Waals surface area (Å²) in [6.45, 7) is 5.00. The van der Waals surface area contributed by atoms with Crippen LogP contribution in [0, 0.1) is 0 Å². The molecule has 0 atom stereocenters. The Morgan fingerprint density at radius 1 is 0.947 bits per heavy atom. The monoisotopic (exact) mass is 549 g/mol. The molecule has 0 spiro atoms. The molecular formula is C29H29Cl2N5O2. The summed E-state index contributed by atoms with van der Waals surface area (Å²) in [5.41, 5.74) is 5.27. The van der Waals surface area contributed by atoms with Crippen LogP contribution in [0.25, 0.3) is 11.0 Å². The van der Waals surface area contributed by atoms with E-state index in [1.165, 1.54) is 13.8 Å². The Labute approximate surface area is 231 Å². The first-order chi connectivity index (χ1) is 18.3. The first-order valence-electron chi connectivity index (χ1n) is 12.6. The van der Waals surface area contributed by atoms with E-state index in [1.807, 2.05) is 48.5 Å². The molecule has 1 aromatic heterocycles. The molecule has 2 amide bonds. The Hall–Kier alpha value is -3.55. The van der Waals surface area contributed by atoms with Crippen molar-refractivity contribution < 1.29 is 9.59 Å². The number of piperidine rings is 1. The summed E-state index contributed by atoms with van der Waals surface area (Å²) in [4.78, 5) is 30.8. The summed E-state index contributed by atoms with van der Waals surface area (Å²) in [5, 5.41) is 4.21. The molecule has 4 aromatic rings. The summed E-state index contributed by atoms with van der Waals surface area (Å²) in [5.74, 6) is -0.376. The molecule has 38 heavy (non-hydrogen) atoms. The van der Waals surface area contributed by atoms with Gasteiger partial charge in [0.2, 0.25) is 17.4 Å². The van der Waals surface area contributed by atoms with E-state index < -0.39 is 0 Å². The molecule has 1 N–H and O–H groups in total. The van der Waals surface area contributed by atoms with Crippen LogP contribution in [-0.2, 0) is 16.1 Å². The topological polar surface area (TPSA) is 71.6 Å². The van der Waals surface area contributed by atoms with E-state index in [0.717, 1.165) is 53.9 Å². The average molecular weight is 550 g/mol. The first-order valence-corrected chi connectivity index (χ1v) is 13.4. The molecule has 1 saturated heterocycles. The van der Waals surface area contributed by atoms with Crippen molar-refractivity contribution in [2.24, 2.45) is 4.99 Å². The number of hydrogen-bond acceptors (Lipinski definition) is 3. The third kappa shape index (κ3) is 5.35. The summed E-state index contributed by atoms with van der Waals surface area (Å²) in [7, 11) is 0. The lowest BCUT2D eigenvalue weighted by atomic mass is 10.0. The number of anilines is 2. The average Bonchev–Trinajstić information content (AvgIpc) is 3.18. The minimum Gasteiger partial charge on any atom is -0.370 e. The number of nitrogens with one attached hydrogen (secondary N) is 1. The molecule has 1 fully saturated rings. The predicted molar refractivity (Wildman–Crippen MR) is 153 cm³/mol. The highest BCUT2D eigenvalue weighted by Gasteiger charge is 2.26. The molecule has 1 aliphatic heterocycles. The van der Waals surface area contributed by atoms with Crippen molar-refractivity contribution in [3.8, 4) is 0 Å². The van der Waals surface area contributed by atoms with Crippen LogP contribution in [0.1, 0.15) is 38.3 Å². The summed E-state index contributed by atoms with van der Waals surface area (Å²) in [6, 6.07) is 21.5.